The van der Waals surface area contributed by atoms with Crippen molar-refractivity contribution in [2.45, 2.75) is 6.42 Å². The Kier molecular flexibility index (Phi) is 3.60. The van der Waals surface area contributed by atoms with Crippen LogP contribution in [0.4, 0.5) is 4.79 Å². The van der Waals surface area contributed by atoms with Gasteiger partial charge in [0, 0.05) is 13.1 Å². The lowest BCUT2D eigenvalue weighted by atomic mass is 10.3. The van der Waals surface area contributed by atoms with Gasteiger partial charge in [-0.05, 0) is 0 Å². The Morgan fingerprint density at radius 2 is 2.00 bits per heavy atom. The molecule has 1 rings (SSSR count). The van der Waals surface area contributed by atoms with Crippen molar-refractivity contribution in [2.24, 2.45) is 0 Å². The van der Waals surface area contributed by atoms with Gasteiger partial charge >= 0.3 is 6.03 Å². The van der Waals surface area contributed by atoms with E-state index in [9.17, 15) is 22.8 Å². The summed E-state index contributed by atoms with van der Waals surface area (Å²) in [4.78, 5) is 34.0. The number of urea groups is 1. The Hall–Kier alpha value is -1.48. The lowest BCUT2D eigenvalue weighted by Gasteiger charge is -2.24. The normalized spacial score (nSPS) is 17.6. The van der Waals surface area contributed by atoms with Crippen LogP contribution in [0.25, 0.3) is 0 Å². The first-order valence-electron chi connectivity index (χ1n) is 4.38. The third kappa shape index (κ3) is 3.59. The van der Waals surface area contributed by atoms with E-state index in [4.69, 9.17) is 0 Å². The standard InChI is InChI=1S/C7H11N3O5S/c1-16(14,15)8-2-3-10-6(12)4-5(11)9-7(10)13/h8H,2-4H2,1H3,(H,9,11,13). The Bertz CT molecular complexity index is 409. The first kappa shape index (κ1) is 12.6. The van der Waals surface area contributed by atoms with Crippen molar-refractivity contribution < 1.29 is 22.8 Å². The molecule has 0 atom stereocenters. The second-order valence-electron chi connectivity index (χ2n) is 3.24. The third-order valence-corrected chi connectivity index (χ3v) is 2.53. The van der Waals surface area contributed by atoms with Crippen molar-refractivity contribution in [1.82, 2.24) is 14.9 Å². The van der Waals surface area contributed by atoms with E-state index in [1.807, 2.05) is 5.32 Å². The number of barbiturate groups is 1. The van der Waals surface area contributed by atoms with Gasteiger partial charge in [0.25, 0.3) is 0 Å². The highest BCUT2D eigenvalue weighted by atomic mass is 32.2. The molecule has 0 aromatic carbocycles. The highest BCUT2D eigenvalue weighted by Crippen LogP contribution is 2.01. The Labute approximate surface area is 92.0 Å². The zero-order valence-electron chi connectivity index (χ0n) is 8.52. The smallest absolute Gasteiger partial charge is 0.277 e. The molecule has 0 aromatic heterocycles. The van der Waals surface area contributed by atoms with Crippen LogP contribution < -0.4 is 10.0 Å². The Balaban J connectivity index is 2.51. The number of nitrogens with zero attached hydrogens (tertiary/aromatic N) is 1. The first-order valence-corrected chi connectivity index (χ1v) is 6.27. The van der Waals surface area contributed by atoms with Crippen LogP contribution in [0.1, 0.15) is 6.42 Å². The van der Waals surface area contributed by atoms with Crippen LogP contribution in [0.5, 0.6) is 0 Å². The van der Waals surface area contributed by atoms with Gasteiger partial charge in [0.05, 0.1) is 6.26 Å². The minimum absolute atomic E-state index is 0.0772. The summed E-state index contributed by atoms with van der Waals surface area (Å²) in [6.45, 7) is -0.183. The maximum atomic E-state index is 11.2. The van der Waals surface area contributed by atoms with E-state index >= 15 is 0 Å². The topological polar surface area (TPSA) is 113 Å². The van der Waals surface area contributed by atoms with Crippen molar-refractivity contribution in [2.75, 3.05) is 19.3 Å². The monoisotopic (exact) mass is 249 g/mol. The molecule has 0 bridgehead atoms. The average molecular weight is 249 g/mol. The molecule has 1 aliphatic rings. The minimum atomic E-state index is -3.36. The van der Waals surface area contributed by atoms with Crippen LogP contribution in [0.2, 0.25) is 0 Å². The number of hydrogen-bond acceptors (Lipinski definition) is 5. The fraction of sp³-hybridized carbons (Fsp3) is 0.571. The molecule has 2 N–H and O–H groups in total. The summed E-state index contributed by atoms with van der Waals surface area (Å²) in [5, 5.41) is 1.96. The molecule has 16 heavy (non-hydrogen) atoms. The van der Waals surface area contributed by atoms with Gasteiger partial charge in [-0.25, -0.2) is 17.9 Å². The Morgan fingerprint density at radius 1 is 1.38 bits per heavy atom. The van der Waals surface area contributed by atoms with Crippen LogP contribution in [0.3, 0.4) is 0 Å². The molecular formula is C7H11N3O5S. The minimum Gasteiger partial charge on any atom is -0.277 e. The van der Waals surface area contributed by atoms with Crippen LogP contribution in [-0.2, 0) is 19.6 Å². The molecule has 0 spiro atoms. The molecule has 0 saturated carbocycles. The van der Waals surface area contributed by atoms with Gasteiger partial charge in [0.15, 0.2) is 0 Å². The fourth-order valence-electron chi connectivity index (χ4n) is 1.15. The number of nitrogens with one attached hydrogen (secondary N) is 2. The van der Waals surface area contributed by atoms with Crippen molar-refractivity contribution in [1.29, 1.82) is 0 Å². The van der Waals surface area contributed by atoms with Gasteiger partial charge in [-0.1, -0.05) is 0 Å². The van der Waals surface area contributed by atoms with E-state index in [1.54, 1.807) is 0 Å². The zero-order chi connectivity index (χ0) is 12.3. The number of sulfonamides is 1. The molecule has 1 heterocycles. The zero-order valence-corrected chi connectivity index (χ0v) is 9.33. The van der Waals surface area contributed by atoms with Gasteiger partial charge in [-0.2, -0.15) is 0 Å². The number of amides is 4. The van der Waals surface area contributed by atoms with Crippen molar-refractivity contribution in [3.8, 4) is 0 Å². The van der Waals surface area contributed by atoms with Gasteiger partial charge in [0.2, 0.25) is 21.8 Å². The fourth-order valence-corrected chi connectivity index (χ4v) is 1.61. The van der Waals surface area contributed by atoms with Crippen LogP contribution in [-0.4, -0.2) is 50.5 Å². The number of carbonyl (C=O) groups is 3. The van der Waals surface area contributed by atoms with Crippen molar-refractivity contribution in [3.63, 3.8) is 0 Å². The highest BCUT2D eigenvalue weighted by molar-refractivity contribution is 7.88. The molecular weight excluding hydrogens is 238 g/mol. The summed E-state index contributed by atoms with van der Waals surface area (Å²) in [5.41, 5.74) is 0. The Morgan fingerprint density at radius 3 is 2.50 bits per heavy atom. The number of rotatable bonds is 4. The van der Waals surface area contributed by atoms with Crippen LogP contribution in [0.15, 0.2) is 0 Å². The van der Waals surface area contributed by atoms with E-state index < -0.39 is 34.3 Å². The molecule has 1 saturated heterocycles. The van der Waals surface area contributed by atoms with E-state index in [1.165, 1.54) is 0 Å². The van der Waals surface area contributed by atoms with Crippen molar-refractivity contribution in [3.05, 3.63) is 0 Å². The molecule has 9 heteroatoms. The highest BCUT2D eigenvalue weighted by Gasteiger charge is 2.30. The van der Waals surface area contributed by atoms with E-state index in [-0.39, 0.29) is 13.1 Å². The largest absolute Gasteiger partial charge is 0.330 e. The number of hydrogen-bond donors (Lipinski definition) is 2. The van der Waals surface area contributed by atoms with Gasteiger partial charge < -0.3 is 0 Å². The molecule has 0 aliphatic carbocycles. The third-order valence-electron chi connectivity index (χ3n) is 1.80. The van der Waals surface area contributed by atoms with E-state index in [0.717, 1.165) is 11.2 Å². The maximum Gasteiger partial charge on any atom is 0.330 e. The lowest BCUT2D eigenvalue weighted by molar-refractivity contribution is -0.136. The summed E-state index contributed by atoms with van der Waals surface area (Å²) < 4.78 is 23.6. The molecule has 0 unspecified atom stereocenters. The first-order chi connectivity index (χ1) is 7.29. The SMILES string of the molecule is CS(=O)(=O)NCCN1C(=O)CC(=O)NC1=O. The molecule has 1 aliphatic heterocycles. The average Bonchev–Trinajstić information content (AvgIpc) is 2.07. The maximum absolute atomic E-state index is 11.2. The quantitative estimate of drug-likeness (QED) is 0.560. The van der Waals surface area contributed by atoms with Crippen molar-refractivity contribution >= 4 is 27.9 Å². The molecule has 4 amide bonds. The van der Waals surface area contributed by atoms with E-state index in [0.29, 0.717) is 0 Å². The predicted octanol–water partition coefficient (Wildman–Crippen LogP) is -2.00. The second kappa shape index (κ2) is 4.58. The van der Waals surface area contributed by atoms with Gasteiger partial charge in [-0.15, -0.1) is 0 Å². The summed E-state index contributed by atoms with van der Waals surface area (Å²) in [5.74, 6) is -1.29. The lowest BCUT2D eigenvalue weighted by Crippen LogP contribution is -2.54. The van der Waals surface area contributed by atoms with E-state index in [2.05, 4.69) is 4.72 Å². The van der Waals surface area contributed by atoms with Gasteiger partial charge in [-0.3, -0.25) is 19.8 Å². The summed E-state index contributed by atoms with van der Waals surface area (Å²) >= 11 is 0. The molecule has 0 radical (unpaired) electrons. The molecule has 0 aromatic rings. The second-order valence-corrected chi connectivity index (χ2v) is 5.07. The van der Waals surface area contributed by atoms with Crippen LogP contribution in [0, 0.1) is 0 Å². The summed E-state index contributed by atoms with van der Waals surface area (Å²) in [6, 6.07) is -0.823. The molecule has 1 fully saturated rings. The predicted molar refractivity (Wildman–Crippen MR) is 52.7 cm³/mol. The van der Waals surface area contributed by atoms with Gasteiger partial charge in [0.1, 0.15) is 6.42 Å². The molecule has 90 valence electrons. The summed E-state index contributed by atoms with van der Waals surface area (Å²) in [7, 11) is -3.36. The summed E-state index contributed by atoms with van der Waals surface area (Å²) in [6.07, 6.45) is 0.569. The number of imide groups is 2. The molecule has 8 nitrogen and oxygen atoms in total. The number of carbonyl (C=O) groups excluding carboxylic acids is 3. The van der Waals surface area contributed by atoms with Crippen LogP contribution >= 0.6 is 0 Å².